The number of rotatable bonds is 5. The van der Waals surface area contributed by atoms with Gasteiger partial charge in [0.15, 0.2) is 0 Å². The molecule has 1 N–H and O–H groups in total. The van der Waals surface area contributed by atoms with Crippen LogP contribution in [0.15, 0.2) is 36.5 Å². The van der Waals surface area contributed by atoms with Crippen LogP contribution in [0.1, 0.15) is 54.7 Å². The molecule has 0 unspecified atom stereocenters. The van der Waals surface area contributed by atoms with Crippen molar-refractivity contribution in [3.63, 3.8) is 0 Å². The zero-order chi connectivity index (χ0) is 19.5. The summed E-state index contributed by atoms with van der Waals surface area (Å²) in [6.45, 7) is 4.64. The Morgan fingerprint density at radius 1 is 1.14 bits per heavy atom. The topological polar surface area (TPSA) is 90.5 Å². The Morgan fingerprint density at radius 3 is 2.57 bits per heavy atom. The molecule has 0 radical (unpaired) electrons. The summed E-state index contributed by atoms with van der Waals surface area (Å²) in [6.07, 6.45) is 5.46. The first kappa shape index (κ1) is 18.3. The highest BCUT2D eigenvalue weighted by Crippen LogP contribution is 2.28. The lowest BCUT2D eigenvalue weighted by Crippen LogP contribution is -2.38. The number of hydrogen-bond donors (Lipinski definition) is 1. The molecular weight excluding hydrogens is 354 g/mol. The monoisotopic (exact) mass is 379 g/mol. The van der Waals surface area contributed by atoms with E-state index < -0.39 is 0 Å². The molecule has 1 amide bonds. The average Bonchev–Trinajstić information content (AvgIpc) is 3.36. The lowest BCUT2D eigenvalue weighted by molar-refractivity contribution is 0.0920. The van der Waals surface area contributed by atoms with Gasteiger partial charge in [-0.25, -0.2) is 0 Å². The van der Waals surface area contributed by atoms with E-state index in [4.69, 9.17) is 0 Å². The van der Waals surface area contributed by atoms with Crippen molar-refractivity contribution in [2.75, 3.05) is 0 Å². The van der Waals surface area contributed by atoms with Gasteiger partial charge in [0.2, 0.25) is 5.82 Å². The highest BCUT2D eigenvalue weighted by Gasteiger charge is 2.26. The van der Waals surface area contributed by atoms with Crippen LogP contribution in [0.3, 0.4) is 0 Å². The van der Waals surface area contributed by atoms with Crippen LogP contribution in [0.25, 0.3) is 11.4 Å². The van der Waals surface area contributed by atoms with Crippen molar-refractivity contribution in [3.05, 3.63) is 47.8 Å². The molecule has 0 saturated heterocycles. The van der Waals surface area contributed by atoms with E-state index >= 15 is 0 Å². The Morgan fingerprint density at radius 2 is 1.89 bits per heavy atom. The summed E-state index contributed by atoms with van der Waals surface area (Å²) in [5, 5.41) is 20.5. The molecule has 1 aliphatic rings. The quantitative estimate of drug-likeness (QED) is 0.736. The smallest absolute Gasteiger partial charge is 0.254 e. The Labute approximate surface area is 163 Å². The number of carbonyl (C=O) groups is 1. The number of aryl methyl sites for hydroxylation is 2. The second-order valence-electron chi connectivity index (χ2n) is 7.26. The number of benzene rings is 1. The third kappa shape index (κ3) is 3.81. The molecule has 8 heteroatoms. The van der Waals surface area contributed by atoms with Crippen molar-refractivity contribution in [1.82, 2.24) is 35.3 Å². The molecule has 1 fully saturated rings. The van der Waals surface area contributed by atoms with Crippen molar-refractivity contribution in [2.45, 2.75) is 58.2 Å². The second kappa shape index (κ2) is 7.92. The predicted octanol–water partition coefficient (Wildman–Crippen LogP) is 2.78. The molecule has 0 spiro atoms. The fourth-order valence-electron chi connectivity index (χ4n) is 3.70. The number of hydrogen-bond acceptors (Lipinski definition) is 5. The van der Waals surface area contributed by atoms with Crippen LogP contribution in [-0.2, 0) is 6.54 Å². The number of tetrazole rings is 1. The molecule has 1 aliphatic carbocycles. The Hall–Kier alpha value is -3.03. The Balaban J connectivity index is 1.34. The molecule has 1 aromatic carbocycles. The van der Waals surface area contributed by atoms with Crippen LogP contribution in [0.2, 0.25) is 0 Å². The minimum atomic E-state index is -0.0362. The fraction of sp³-hybridized carbons (Fsp3) is 0.450. The normalized spacial score (nSPS) is 19.5. The van der Waals surface area contributed by atoms with E-state index in [1.165, 1.54) is 0 Å². The van der Waals surface area contributed by atoms with E-state index in [1.54, 1.807) is 9.48 Å². The van der Waals surface area contributed by atoms with E-state index in [9.17, 15) is 4.79 Å². The van der Waals surface area contributed by atoms with Gasteiger partial charge in [-0.3, -0.25) is 9.48 Å². The molecule has 0 bridgehead atoms. The SMILES string of the molecule is CCn1cc(C(=O)NC2CCC(n3nnc(-c4ccccc4)n3)CC2)c(C)n1. The van der Waals surface area contributed by atoms with Crippen molar-refractivity contribution < 1.29 is 4.79 Å². The van der Waals surface area contributed by atoms with Gasteiger partial charge >= 0.3 is 0 Å². The van der Waals surface area contributed by atoms with Crippen LogP contribution in [0, 0.1) is 6.92 Å². The summed E-state index contributed by atoms with van der Waals surface area (Å²) < 4.78 is 1.79. The number of amides is 1. The number of carbonyl (C=O) groups excluding carboxylic acids is 1. The Bertz CT molecular complexity index is 939. The van der Waals surface area contributed by atoms with Crippen LogP contribution in [0.5, 0.6) is 0 Å². The molecule has 146 valence electrons. The summed E-state index contributed by atoms with van der Waals surface area (Å²) in [5.74, 6) is 0.616. The molecule has 2 heterocycles. The van der Waals surface area contributed by atoms with Crippen molar-refractivity contribution in [1.29, 1.82) is 0 Å². The van der Waals surface area contributed by atoms with E-state index in [0.717, 1.165) is 43.5 Å². The minimum absolute atomic E-state index is 0.0362. The molecule has 0 atom stereocenters. The van der Waals surface area contributed by atoms with E-state index in [1.807, 2.05) is 50.4 Å². The molecule has 2 aromatic heterocycles. The van der Waals surface area contributed by atoms with Crippen LogP contribution >= 0.6 is 0 Å². The van der Waals surface area contributed by atoms with E-state index in [0.29, 0.717) is 11.4 Å². The third-order valence-corrected chi connectivity index (χ3v) is 5.33. The second-order valence-corrected chi connectivity index (χ2v) is 7.26. The van der Waals surface area contributed by atoms with Gasteiger partial charge in [0.1, 0.15) is 0 Å². The minimum Gasteiger partial charge on any atom is -0.349 e. The Kier molecular flexibility index (Phi) is 5.18. The first-order chi connectivity index (χ1) is 13.6. The lowest BCUT2D eigenvalue weighted by atomic mass is 9.91. The molecule has 3 aromatic rings. The van der Waals surface area contributed by atoms with Crippen molar-refractivity contribution >= 4 is 5.91 Å². The van der Waals surface area contributed by atoms with Gasteiger partial charge in [0, 0.05) is 24.3 Å². The van der Waals surface area contributed by atoms with Gasteiger partial charge in [-0.15, -0.1) is 10.2 Å². The summed E-state index contributed by atoms with van der Waals surface area (Å²) in [7, 11) is 0. The van der Waals surface area contributed by atoms with Gasteiger partial charge < -0.3 is 5.32 Å². The summed E-state index contributed by atoms with van der Waals surface area (Å²) in [5.41, 5.74) is 2.40. The van der Waals surface area contributed by atoms with Crippen molar-refractivity contribution in [3.8, 4) is 11.4 Å². The van der Waals surface area contributed by atoms with Gasteiger partial charge in [-0.2, -0.15) is 9.90 Å². The third-order valence-electron chi connectivity index (χ3n) is 5.33. The van der Waals surface area contributed by atoms with Crippen LogP contribution in [0.4, 0.5) is 0 Å². The number of aromatic nitrogens is 6. The van der Waals surface area contributed by atoms with Crippen LogP contribution < -0.4 is 5.32 Å². The zero-order valence-electron chi connectivity index (χ0n) is 16.2. The van der Waals surface area contributed by atoms with Gasteiger partial charge in [0.05, 0.1) is 17.3 Å². The van der Waals surface area contributed by atoms with Gasteiger partial charge in [-0.1, -0.05) is 30.3 Å². The summed E-state index contributed by atoms with van der Waals surface area (Å²) in [4.78, 5) is 14.3. The summed E-state index contributed by atoms with van der Waals surface area (Å²) >= 11 is 0. The molecule has 8 nitrogen and oxygen atoms in total. The average molecular weight is 379 g/mol. The van der Waals surface area contributed by atoms with Gasteiger partial charge in [-0.05, 0) is 44.7 Å². The summed E-state index contributed by atoms with van der Waals surface area (Å²) in [6, 6.07) is 10.3. The fourth-order valence-corrected chi connectivity index (χ4v) is 3.70. The molecule has 0 aliphatic heterocycles. The highest BCUT2D eigenvalue weighted by atomic mass is 16.1. The first-order valence-electron chi connectivity index (χ1n) is 9.84. The van der Waals surface area contributed by atoms with Crippen molar-refractivity contribution in [2.24, 2.45) is 0 Å². The zero-order valence-corrected chi connectivity index (χ0v) is 16.2. The van der Waals surface area contributed by atoms with Gasteiger partial charge in [0.25, 0.3) is 5.91 Å². The molecule has 28 heavy (non-hydrogen) atoms. The maximum Gasteiger partial charge on any atom is 0.254 e. The van der Waals surface area contributed by atoms with E-state index in [2.05, 4.69) is 25.8 Å². The molecule has 1 saturated carbocycles. The predicted molar refractivity (Wildman–Crippen MR) is 105 cm³/mol. The maximum absolute atomic E-state index is 12.6. The highest BCUT2D eigenvalue weighted by molar-refractivity contribution is 5.95. The largest absolute Gasteiger partial charge is 0.349 e. The van der Waals surface area contributed by atoms with E-state index in [-0.39, 0.29) is 18.0 Å². The molecular formula is C20H25N7O. The van der Waals surface area contributed by atoms with Crippen LogP contribution in [-0.4, -0.2) is 41.9 Å². The standard InChI is InChI=1S/C20H25N7O/c1-3-26-13-18(14(2)23-26)20(28)21-16-9-11-17(12-10-16)27-24-19(22-25-27)15-7-5-4-6-8-15/h4-8,13,16-17H,3,9-12H2,1-2H3,(H,21,28). The lowest BCUT2D eigenvalue weighted by Gasteiger charge is -2.28. The first-order valence-corrected chi connectivity index (χ1v) is 9.84. The maximum atomic E-state index is 12.6. The number of nitrogens with one attached hydrogen (secondary N) is 1. The molecule has 4 rings (SSSR count). The number of nitrogens with zero attached hydrogens (tertiary/aromatic N) is 6.